The van der Waals surface area contributed by atoms with Gasteiger partial charge in [0.2, 0.25) is 0 Å². The molecule has 0 aliphatic rings. The summed E-state index contributed by atoms with van der Waals surface area (Å²) in [6, 6.07) is 3.28. The summed E-state index contributed by atoms with van der Waals surface area (Å²) in [6.07, 6.45) is -0.843. The van der Waals surface area contributed by atoms with Gasteiger partial charge in [0.1, 0.15) is 0 Å². The quantitative estimate of drug-likeness (QED) is 0.517. The van der Waals surface area contributed by atoms with Crippen molar-refractivity contribution in [3.63, 3.8) is 0 Å². The maximum Gasteiger partial charge on any atom is 0.158 e. The van der Waals surface area contributed by atoms with Crippen molar-refractivity contribution in [3.8, 4) is 12.1 Å². The Morgan fingerprint density at radius 2 is 1.75 bits per heavy atom. The van der Waals surface area contributed by atoms with Gasteiger partial charge < -0.3 is 5.11 Å². The first-order valence-corrected chi connectivity index (χ1v) is 2.19. The predicted octanol–water partition coefficient (Wildman–Crippen LogP) is 0.0306. The Morgan fingerprint density at radius 1 is 1.38 bits per heavy atom. The number of aliphatic hydroxyl groups is 1. The molecule has 3 heteroatoms. The van der Waals surface area contributed by atoms with Gasteiger partial charge in [0.05, 0.1) is 18.2 Å². The molecule has 1 unspecified atom stereocenters. The van der Waals surface area contributed by atoms with Gasteiger partial charge in [-0.25, -0.2) is 0 Å². The molecule has 0 bridgehead atoms. The standard InChI is InChI=1S/C5H6N2O/c1-4(8)5(2-6)3-7/h4-5,8H,1H3. The Kier molecular flexibility index (Phi) is 2.61. The minimum absolute atomic E-state index is 0.843. The fourth-order valence-corrected chi connectivity index (χ4v) is 0.245. The molecule has 0 saturated carbocycles. The van der Waals surface area contributed by atoms with Gasteiger partial charge in [0.25, 0.3) is 0 Å². The maximum absolute atomic E-state index is 8.57. The minimum atomic E-state index is -0.880. The van der Waals surface area contributed by atoms with E-state index in [4.69, 9.17) is 15.6 Å². The monoisotopic (exact) mass is 110 g/mol. The predicted molar refractivity (Wildman–Crippen MR) is 26.4 cm³/mol. The Bertz CT molecular complexity index is 125. The van der Waals surface area contributed by atoms with Crippen molar-refractivity contribution >= 4 is 0 Å². The van der Waals surface area contributed by atoms with E-state index in [1.165, 1.54) is 6.92 Å². The number of nitriles is 2. The molecule has 0 aromatic carbocycles. The fourth-order valence-electron chi connectivity index (χ4n) is 0.245. The second kappa shape index (κ2) is 3.01. The van der Waals surface area contributed by atoms with E-state index < -0.39 is 12.0 Å². The topological polar surface area (TPSA) is 67.8 Å². The van der Waals surface area contributed by atoms with Gasteiger partial charge in [-0.15, -0.1) is 0 Å². The summed E-state index contributed by atoms with van der Waals surface area (Å²) in [4.78, 5) is 0. The molecule has 0 radical (unpaired) electrons. The summed E-state index contributed by atoms with van der Waals surface area (Å²) in [5.41, 5.74) is 0. The average molecular weight is 110 g/mol. The first kappa shape index (κ1) is 6.94. The van der Waals surface area contributed by atoms with Crippen molar-refractivity contribution in [2.75, 3.05) is 0 Å². The number of hydrogen-bond donors (Lipinski definition) is 1. The second-order valence-corrected chi connectivity index (χ2v) is 1.48. The van der Waals surface area contributed by atoms with Gasteiger partial charge in [-0.1, -0.05) is 0 Å². The van der Waals surface area contributed by atoms with E-state index >= 15 is 0 Å². The van der Waals surface area contributed by atoms with Crippen LogP contribution in [0.2, 0.25) is 0 Å². The summed E-state index contributed by atoms with van der Waals surface area (Å²) in [6.45, 7) is 1.41. The molecule has 0 amide bonds. The summed E-state index contributed by atoms with van der Waals surface area (Å²) in [5.74, 6) is -0.880. The third kappa shape index (κ3) is 1.59. The largest absolute Gasteiger partial charge is 0.391 e. The molecule has 1 N–H and O–H groups in total. The SMILES string of the molecule is CC(O)C(C#N)C#N. The lowest BCUT2D eigenvalue weighted by Crippen LogP contribution is -2.11. The van der Waals surface area contributed by atoms with E-state index in [0.717, 1.165) is 0 Å². The van der Waals surface area contributed by atoms with E-state index in [1.807, 2.05) is 0 Å². The Hall–Kier alpha value is -1.06. The van der Waals surface area contributed by atoms with E-state index in [0.29, 0.717) is 0 Å². The van der Waals surface area contributed by atoms with Crippen LogP contribution in [-0.4, -0.2) is 11.2 Å². The lowest BCUT2D eigenvalue weighted by Gasteiger charge is -1.98. The zero-order valence-electron chi connectivity index (χ0n) is 4.50. The van der Waals surface area contributed by atoms with Crippen LogP contribution in [0.25, 0.3) is 0 Å². The van der Waals surface area contributed by atoms with Crippen LogP contribution in [0.4, 0.5) is 0 Å². The zero-order chi connectivity index (χ0) is 6.57. The Labute approximate surface area is 47.8 Å². The molecule has 0 aromatic rings. The third-order valence-electron chi connectivity index (χ3n) is 0.761. The van der Waals surface area contributed by atoms with Gasteiger partial charge in [-0.3, -0.25) is 0 Å². The van der Waals surface area contributed by atoms with Crippen LogP contribution in [0.3, 0.4) is 0 Å². The average Bonchev–Trinajstić information content (AvgIpc) is 1.69. The Balaban J connectivity index is 3.81. The van der Waals surface area contributed by atoms with Crippen LogP contribution in [0, 0.1) is 28.6 Å². The number of hydrogen-bond acceptors (Lipinski definition) is 3. The highest BCUT2D eigenvalue weighted by atomic mass is 16.3. The molecule has 0 spiro atoms. The molecule has 0 rings (SSSR count). The van der Waals surface area contributed by atoms with Gasteiger partial charge in [0.15, 0.2) is 5.92 Å². The van der Waals surface area contributed by atoms with Crippen molar-refractivity contribution in [2.24, 2.45) is 5.92 Å². The summed E-state index contributed by atoms with van der Waals surface area (Å²) in [5, 5.41) is 24.7. The highest BCUT2D eigenvalue weighted by molar-refractivity contribution is 5.01. The second-order valence-electron chi connectivity index (χ2n) is 1.48. The highest BCUT2D eigenvalue weighted by Crippen LogP contribution is 1.97. The van der Waals surface area contributed by atoms with E-state index in [2.05, 4.69) is 0 Å². The van der Waals surface area contributed by atoms with Crippen molar-refractivity contribution in [1.82, 2.24) is 0 Å². The minimum Gasteiger partial charge on any atom is -0.391 e. The van der Waals surface area contributed by atoms with Crippen LogP contribution >= 0.6 is 0 Å². The third-order valence-corrected chi connectivity index (χ3v) is 0.761. The summed E-state index contributed by atoms with van der Waals surface area (Å²) in [7, 11) is 0. The lowest BCUT2D eigenvalue weighted by atomic mass is 10.1. The molecule has 0 aliphatic carbocycles. The molecular weight excluding hydrogens is 104 g/mol. The van der Waals surface area contributed by atoms with Gasteiger partial charge in [0, 0.05) is 0 Å². The summed E-state index contributed by atoms with van der Waals surface area (Å²) >= 11 is 0. The molecule has 0 aromatic heterocycles. The molecule has 0 heterocycles. The molecule has 3 nitrogen and oxygen atoms in total. The van der Waals surface area contributed by atoms with E-state index in [9.17, 15) is 0 Å². The van der Waals surface area contributed by atoms with Gasteiger partial charge >= 0.3 is 0 Å². The molecular formula is C5H6N2O. The van der Waals surface area contributed by atoms with Crippen molar-refractivity contribution < 1.29 is 5.11 Å². The number of nitrogens with zero attached hydrogens (tertiary/aromatic N) is 2. The van der Waals surface area contributed by atoms with Crippen molar-refractivity contribution in [1.29, 1.82) is 10.5 Å². The van der Waals surface area contributed by atoms with E-state index in [1.54, 1.807) is 12.1 Å². The smallest absolute Gasteiger partial charge is 0.158 e. The molecule has 0 saturated heterocycles. The summed E-state index contributed by atoms with van der Waals surface area (Å²) < 4.78 is 0. The van der Waals surface area contributed by atoms with Crippen molar-refractivity contribution in [2.45, 2.75) is 13.0 Å². The zero-order valence-corrected chi connectivity index (χ0v) is 4.50. The van der Waals surface area contributed by atoms with Crippen molar-refractivity contribution in [3.05, 3.63) is 0 Å². The van der Waals surface area contributed by atoms with E-state index in [-0.39, 0.29) is 0 Å². The highest BCUT2D eigenvalue weighted by Gasteiger charge is 2.10. The lowest BCUT2D eigenvalue weighted by molar-refractivity contribution is 0.174. The Morgan fingerprint density at radius 3 is 1.75 bits per heavy atom. The van der Waals surface area contributed by atoms with Crippen LogP contribution in [-0.2, 0) is 0 Å². The number of aliphatic hydroxyl groups excluding tert-OH is 1. The maximum atomic E-state index is 8.57. The number of rotatable bonds is 1. The molecule has 42 valence electrons. The van der Waals surface area contributed by atoms with Gasteiger partial charge in [-0.2, -0.15) is 10.5 Å². The molecule has 0 aliphatic heterocycles. The van der Waals surface area contributed by atoms with Gasteiger partial charge in [-0.05, 0) is 6.92 Å². The normalized spacial score (nSPS) is 12.1. The molecule has 1 atom stereocenters. The van der Waals surface area contributed by atoms with Crippen LogP contribution < -0.4 is 0 Å². The van der Waals surface area contributed by atoms with Crippen LogP contribution in [0.5, 0.6) is 0 Å². The molecule has 8 heavy (non-hydrogen) atoms. The van der Waals surface area contributed by atoms with Crippen LogP contribution in [0.1, 0.15) is 6.92 Å². The van der Waals surface area contributed by atoms with Crippen LogP contribution in [0.15, 0.2) is 0 Å². The first-order valence-electron chi connectivity index (χ1n) is 2.19. The fraction of sp³-hybridized carbons (Fsp3) is 0.600. The first-order chi connectivity index (χ1) is 3.72. The molecule has 0 fully saturated rings.